The van der Waals surface area contributed by atoms with Gasteiger partial charge in [0.15, 0.2) is 6.61 Å². The van der Waals surface area contributed by atoms with Crippen LogP contribution in [0.25, 0.3) is 10.9 Å². The molecule has 9 nitrogen and oxygen atoms in total. The SMILES string of the molecule is Cc1ccc2nc(OCC(=O)N(C)C(CN3CC[C@H](O)C3)c3ccccc3)ccc2c1.N=S(=O)=O. The van der Waals surface area contributed by atoms with Crippen molar-refractivity contribution in [2.24, 2.45) is 0 Å². The van der Waals surface area contributed by atoms with Gasteiger partial charge in [-0.2, -0.15) is 13.2 Å². The molecule has 1 aromatic heterocycles. The van der Waals surface area contributed by atoms with E-state index in [2.05, 4.69) is 16.0 Å². The number of hydrogen-bond acceptors (Lipinski definition) is 8. The number of likely N-dealkylation sites (tertiary alicyclic amines) is 1. The van der Waals surface area contributed by atoms with Crippen molar-refractivity contribution < 1.29 is 23.1 Å². The first-order valence-corrected chi connectivity index (χ1v) is 12.3. The smallest absolute Gasteiger partial charge is 0.308 e. The molecular weight excluding hydrogens is 468 g/mol. The number of aliphatic hydroxyl groups excluding tert-OH is 1. The first-order chi connectivity index (χ1) is 16.7. The molecule has 2 atom stereocenters. The molecule has 35 heavy (non-hydrogen) atoms. The van der Waals surface area contributed by atoms with Crippen LogP contribution in [0, 0.1) is 11.7 Å². The van der Waals surface area contributed by atoms with Gasteiger partial charge in [-0.25, -0.2) is 4.98 Å². The number of carbonyl (C=O) groups is 1. The molecule has 2 N–H and O–H groups in total. The molecule has 1 saturated heterocycles. The standard InChI is InChI=1S/C25H29N3O3.HNO2S/c1-18-8-10-22-20(14-18)9-11-24(26-22)31-17-25(30)27(2)23(19-6-4-3-5-7-19)16-28-13-12-21(29)15-28;1-4(2)3/h3-11,14,21,23,29H,12-13,15-17H2,1-2H3;1H/t21-,23?;/m0./s1. The number of aliphatic hydroxyl groups is 1. The van der Waals surface area contributed by atoms with Crippen LogP contribution in [0.2, 0.25) is 0 Å². The lowest BCUT2D eigenvalue weighted by Gasteiger charge is -2.32. The molecule has 0 aliphatic carbocycles. The second-order valence-corrected chi connectivity index (χ2v) is 8.97. The number of pyridine rings is 1. The van der Waals surface area contributed by atoms with Gasteiger partial charge in [0.25, 0.3) is 5.91 Å². The van der Waals surface area contributed by atoms with Gasteiger partial charge in [-0.1, -0.05) is 42.0 Å². The van der Waals surface area contributed by atoms with Crippen molar-refractivity contribution in [2.45, 2.75) is 25.5 Å². The number of benzene rings is 2. The fourth-order valence-corrected chi connectivity index (χ4v) is 4.07. The van der Waals surface area contributed by atoms with Crippen molar-refractivity contribution in [3.8, 4) is 5.88 Å². The minimum Gasteiger partial charge on any atom is -0.468 e. The quantitative estimate of drug-likeness (QED) is 0.513. The number of ether oxygens (including phenoxy) is 1. The number of β-amino-alcohol motifs (C(OH)–C–C–N with tert-alkyl or cyclic N) is 1. The number of nitrogens with one attached hydrogen (secondary N) is 1. The number of hydrogen-bond donors (Lipinski definition) is 2. The maximum atomic E-state index is 13.0. The highest BCUT2D eigenvalue weighted by molar-refractivity contribution is 7.60. The normalized spacial score (nSPS) is 16.3. The molecular formula is C25H30N4O5S. The van der Waals surface area contributed by atoms with E-state index in [9.17, 15) is 9.90 Å². The zero-order valence-electron chi connectivity index (χ0n) is 19.8. The van der Waals surface area contributed by atoms with Crippen molar-refractivity contribution in [3.05, 3.63) is 71.8 Å². The van der Waals surface area contributed by atoms with Crippen molar-refractivity contribution in [3.63, 3.8) is 0 Å². The summed E-state index contributed by atoms with van der Waals surface area (Å²) >= 11 is 0. The third-order valence-corrected chi connectivity index (χ3v) is 5.89. The van der Waals surface area contributed by atoms with Gasteiger partial charge in [-0.3, -0.25) is 9.69 Å². The van der Waals surface area contributed by atoms with E-state index in [-0.39, 0.29) is 24.7 Å². The Bertz CT molecular complexity index is 1250. The highest BCUT2D eigenvalue weighted by Gasteiger charge is 2.28. The number of nitrogens with zero attached hydrogens (tertiary/aromatic N) is 3. The summed E-state index contributed by atoms with van der Waals surface area (Å²) in [6.45, 7) is 4.12. The first kappa shape index (κ1) is 26.3. The van der Waals surface area contributed by atoms with E-state index in [1.165, 1.54) is 5.56 Å². The van der Waals surface area contributed by atoms with Crippen molar-refractivity contribution in [2.75, 3.05) is 33.3 Å². The minimum absolute atomic E-state index is 0.0766. The van der Waals surface area contributed by atoms with Crippen molar-refractivity contribution >= 4 is 27.3 Å². The zero-order chi connectivity index (χ0) is 25.4. The second kappa shape index (κ2) is 12.4. The zero-order valence-corrected chi connectivity index (χ0v) is 20.6. The van der Waals surface area contributed by atoms with Crippen LogP contribution in [0.3, 0.4) is 0 Å². The highest BCUT2D eigenvalue weighted by atomic mass is 32.2. The summed E-state index contributed by atoms with van der Waals surface area (Å²) in [6.07, 6.45) is 0.485. The first-order valence-electron chi connectivity index (χ1n) is 11.2. The molecule has 10 heteroatoms. The van der Waals surface area contributed by atoms with Gasteiger partial charge < -0.3 is 14.7 Å². The van der Waals surface area contributed by atoms with Gasteiger partial charge in [0, 0.05) is 38.1 Å². The van der Waals surface area contributed by atoms with E-state index < -0.39 is 10.5 Å². The number of likely N-dealkylation sites (N-methyl/N-ethyl adjacent to an activating group) is 1. The Kier molecular flexibility index (Phi) is 9.30. The topological polar surface area (TPSA) is 124 Å². The molecule has 0 radical (unpaired) electrons. The lowest BCUT2D eigenvalue weighted by molar-refractivity contribution is -0.134. The Hall–Kier alpha value is -3.34. The molecule has 2 aromatic carbocycles. The summed E-state index contributed by atoms with van der Waals surface area (Å²) in [5.74, 6) is 0.330. The van der Waals surface area contributed by atoms with Gasteiger partial charge >= 0.3 is 10.5 Å². The number of fused-ring (bicyclic) bond motifs is 1. The van der Waals surface area contributed by atoms with Gasteiger partial charge in [-0.15, -0.1) is 0 Å². The Morgan fingerprint density at radius 1 is 1.23 bits per heavy atom. The molecule has 1 aliphatic heterocycles. The summed E-state index contributed by atoms with van der Waals surface area (Å²) in [6, 6.07) is 19.7. The predicted octanol–water partition coefficient (Wildman–Crippen LogP) is 2.82. The minimum atomic E-state index is -2.61. The molecule has 0 saturated carbocycles. The monoisotopic (exact) mass is 498 g/mol. The van der Waals surface area contributed by atoms with Gasteiger partial charge in [-0.05, 0) is 37.1 Å². The Labute approximate surface area is 206 Å². The Balaban J connectivity index is 0.000000795. The van der Waals surface area contributed by atoms with Crippen LogP contribution in [-0.4, -0.2) is 73.6 Å². The van der Waals surface area contributed by atoms with Crippen LogP contribution in [0.4, 0.5) is 0 Å². The van der Waals surface area contributed by atoms with Crippen LogP contribution >= 0.6 is 0 Å². The molecule has 1 aliphatic rings. The molecule has 1 unspecified atom stereocenters. The van der Waals surface area contributed by atoms with Crippen molar-refractivity contribution in [1.82, 2.24) is 14.8 Å². The molecule has 1 amide bonds. The predicted molar refractivity (Wildman–Crippen MR) is 133 cm³/mol. The van der Waals surface area contributed by atoms with Crippen LogP contribution in [0.5, 0.6) is 5.88 Å². The largest absolute Gasteiger partial charge is 0.468 e. The number of aromatic nitrogens is 1. The highest BCUT2D eigenvalue weighted by Crippen LogP contribution is 2.24. The van der Waals surface area contributed by atoms with E-state index in [0.29, 0.717) is 19.0 Å². The molecule has 3 aromatic rings. The van der Waals surface area contributed by atoms with Gasteiger partial charge in [0.2, 0.25) is 5.88 Å². The van der Waals surface area contributed by atoms with Crippen LogP contribution < -0.4 is 4.74 Å². The summed E-state index contributed by atoms with van der Waals surface area (Å²) in [4.78, 5) is 21.4. The third kappa shape index (κ3) is 7.84. The van der Waals surface area contributed by atoms with Crippen LogP contribution in [-0.2, 0) is 15.3 Å². The average Bonchev–Trinajstić information content (AvgIpc) is 3.25. The summed E-state index contributed by atoms with van der Waals surface area (Å²) in [5.41, 5.74) is 3.09. The number of aryl methyl sites for hydroxylation is 1. The Morgan fingerprint density at radius 3 is 2.60 bits per heavy atom. The average molecular weight is 499 g/mol. The third-order valence-electron chi connectivity index (χ3n) is 5.89. The summed E-state index contributed by atoms with van der Waals surface area (Å²) in [5, 5.41) is 10.9. The van der Waals surface area contributed by atoms with Crippen molar-refractivity contribution in [1.29, 1.82) is 4.78 Å². The molecule has 186 valence electrons. The van der Waals surface area contributed by atoms with E-state index in [1.54, 1.807) is 11.0 Å². The lowest BCUT2D eigenvalue weighted by Crippen LogP contribution is -2.40. The maximum absolute atomic E-state index is 13.0. The fourth-order valence-electron chi connectivity index (χ4n) is 4.07. The van der Waals surface area contributed by atoms with Gasteiger partial charge in [0.1, 0.15) is 0 Å². The molecule has 4 rings (SSSR count). The molecule has 0 bridgehead atoms. The molecule has 0 spiro atoms. The second-order valence-electron chi connectivity index (χ2n) is 8.50. The molecule has 1 fully saturated rings. The van der Waals surface area contributed by atoms with Gasteiger partial charge in [0.05, 0.1) is 17.7 Å². The molecule has 2 heterocycles. The van der Waals surface area contributed by atoms with E-state index in [1.807, 2.05) is 62.5 Å². The summed E-state index contributed by atoms with van der Waals surface area (Å²) < 4.78 is 28.6. The Morgan fingerprint density at radius 2 is 1.94 bits per heavy atom. The number of carbonyl (C=O) groups excluding carboxylic acids is 1. The van der Waals surface area contributed by atoms with E-state index in [0.717, 1.165) is 29.4 Å². The summed E-state index contributed by atoms with van der Waals surface area (Å²) in [7, 11) is -0.799. The van der Waals surface area contributed by atoms with E-state index >= 15 is 0 Å². The maximum Gasteiger partial charge on any atom is 0.308 e. The number of rotatable bonds is 7. The fraction of sp³-hybridized carbons (Fsp3) is 0.360. The number of amides is 1. The lowest BCUT2D eigenvalue weighted by atomic mass is 10.0. The van der Waals surface area contributed by atoms with Crippen LogP contribution in [0.1, 0.15) is 23.6 Å². The van der Waals surface area contributed by atoms with Crippen LogP contribution in [0.15, 0.2) is 60.7 Å². The van der Waals surface area contributed by atoms with E-state index in [4.69, 9.17) is 17.9 Å².